The fourth-order valence-corrected chi connectivity index (χ4v) is 3.48. The third-order valence-corrected chi connectivity index (χ3v) is 5.29. The highest BCUT2D eigenvalue weighted by Gasteiger charge is 2.13. The van der Waals surface area contributed by atoms with Gasteiger partial charge in [-0.15, -0.1) is 0 Å². The van der Waals surface area contributed by atoms with Crippen LogP contribution in [0.2, 0.25) is 0 Å². The zero-order valence-electron chi connectivity index (χ0n) is 17.3. The van der Waals surface area contributed by atoms with Gasteiger partial charge in [-0.25, -0.2) is 4.98 Å². The van der Waals surface area contributed by atoms with Crippen LogP contribution in [0.4, 0.5) is 11.5 Å². The lowest BCUT2D eigenvalue weighted by Gasteiger charge is -2.28. The molecule has 0 bridgehead atoms. The van der Waals surface area contributed by atoms with E-state index in [2.05, 4.69) is 91.1 Å². The van der Waals surface area contributed by atoms with Crippen molar-refractivity contribution in [1.82, 2.24) is 4.98 Å². The zero-order chi connectivity index (χ0) is 19.9. The molecule has 0 unspecified atom stereocenters. The van der Waals surface area contributed by atoms with Gasteiger partial charge in [0.1, 0.15) is 5.82 Å². The maximum absolute atomic E-state index is 4.61. The Morgan fingerprint density at radius 1 is 1.07 bits per heavy atom. The number of hydrogen-bond acceptors (Lipinski definition) is 3. The van der Waals surface area contributed by atoms with Crippen LogP contribution in [0.25, 0.3) is 18.4 Å². The molecule has 1 aliphatic heterocycles. The molecule has 0 saturated carbocycles. The molecule has 0 radical (unpaired) electrons. The first-order valence-electron chi connectivity index (χ1n) is 10.2. The fraction of sp³-hybridized carbons (Fsp3) is 0.320. The Kier molecular flexibility index (Phi) is 6.70. The van der Waals surface area contributed by atoms with Crippen molar-refractivity contribution in [3.05, 3.63) is 70.3 Å². The zero-order valence-corrected chi connectivity index (χ0v) is 17.3. The average molecular weight is 374 g/mol. The molecule has 1 saturated heterocycles. The summed E-state index contributed by atoms with van der Waals surface area (Å²) in [6, 6.07) is 10.6. The van der Waals surface area contributed by atoms with Crippen LogP contribution in [0.3, 0.4) is 0 Å². The number of hydrogen-bond donors (Lipinski definition) is 1. The predicted molar refractivity (Wildman–Crippen MR) is 123 cm³/mol. The lowest BCUT2D eigenvalue weighted by molar-refractivity contribution is 0.573. The second-order valence-corrected chi connectivity index (χ2v) is 7.37. The smallest absolute Gasteiger partial charge is 0.129 e. The molecular formula is C25H31N3. The Bertz CT molecular complexity index is 979. The van der Waals surface area contributed by atoms with Gasteiger partial charge in [-0.1, -0.05) is 36.4 Å². The van der Waals surface area contributed by atoms with Crippen molar-refractivity contribution in [2.75, 3.05) is 23.3 Å². The van der Waals surface area contributed by atoms with Crippen LogP contribution < -0.4 is 20.7 Å². The number of rotatable bonds is 5. The van der Waals surface area contributed by atoms with Gasteiger partial charge in [-0.2, -0.15) is 0 Å². The van der Waals surface area contributed by atoms with E-state index in [-0.39, 0.29) is 0 Å². The van der Waals surface area contributed by atoms with Gasteiger partial charge in [0.15, 0.2) is 0 Å². The van der Waals surface area contributed by atoms with Crippen molar-refractivity contribution in [3.63, 3.8) is 0 Å². The number of allylic oxidation sites excluding steroid dienone is 3. The van der Waals surface area contributed by atoms with Gasteiger partial charge in [-0.3, -0.25) is 0 Å². The molecular weight excluding hydrogens is 342 g/mol. The summed E-state index contributed by atoms with van der Waals surface area (Å²) in [5.74, 6) is 1.07. The number of nitrogens with one attached hydrogen (secondary N) is 1. The average Bonchev–Trinajstić information content (AvgIpc) is 2.74. The number of nitrogens with zero attached hydrogens (tertiary/aromatic N) is 2. The fourth-order valence-electron chi connectivity index (χ4n) is 3.48. The summed E-state index contributed by atoms with van der Waals surface area (Å²) >= 11 is 0. The Balaban J connectivity index is 1.87. The molecule has 3 nitrogen and oxygen atoms in total. The van der Waals surface area contributed by atoms with E-state index in [1.165, 1.54) is 24.8 Å². The summed E-state index contributed by atoms with van der Waals surface area (Å²) in [7, 11) is 0. The molecule has 3 heteroatoms. The van der Waals surface area contributed by atoms with Crippen molar-refractivity contribution < 1.29 is 0 Å². The van der Waals surface area contributed by atoms with Crippen molar-refractivity contribution in [2.45, 2.75) is 40.0 Å². The first-order valence-corrected chi connectivity index (χ1v) is 10.2. The maximum Gasteiger partial charge on any atom is 0.129 e. The van der Waals surface area contributed by atoms with Crippen LogP contribution in [0.5, 0.6) is 0 Å². The minimum atomic E-state index is 1.03. The van der Waals surface area contributed by atoms with E-state index in [1.54, 1.807) is 0 Å². The molecule has 28 heavy (non-hydrogen) atoms. The molecule has 2 heterocycles. The Hall–Kier alpha value is -2.81. The highest BCUT2D eigenvalue weighted by atomic mass is 15.2. The SMILES string of the molecule is C=c1ccc(N/C(=C/C)c2ccnc(N3CCCCC3)c2)c/c1=C/C(C)=C\C. The van der Waals surface area contributed by atoms with Crippen molar-refractivity contribution in [2.24, 2.45) is 0 Å². The number of pyridine rings is 1. The molecule has 1 aliphatic rings. The quantitative estimate of drug-likeness (QED) is 0.823. The lowest BCUT2D eigenvalue weighted by atomic mass is 10.1. The van der Waals surface area contributed by atoms with Crippen LogP contribution in [-0.2, 0) is 0 Å². The molecule has 0 amide bonds. The molecule has 3 rings (SSSR count). The minimum Gasteiger partial charge on any atom is -0.357 e. The standard InChI is InChI=1S/C25H31N3/c1-5-19(3)16-22-17-23(11-10-20(22)4)27-24(6-2)21-12-13-26-25(18-21)28-14-8-7-9-15-28/h5-6,10-13,16-18,27H,4,7-9,14-15H2,1-3H3/b19-5-,22-16-,24-6+. The summed E-state index contributed by atoms with van der Waals surface area (Å²) in [6.07, 6.45) is 12.1. The van der Waals surface area contributed by atoms with Crippen molar-refractivity contribution in [3.8, 4) is 0 Å². The number of aromatic nitrogens is 1. The van der Waals surface area contributed by atoms with Crippen molar-refractivity contribution in [1.29, 1.82) is 0 Å². The van der Waals surface area contributed by atoms with E-state index in [0.29, 0.717) is 0 Å². The second-order valence-electron chi connectivity index (χ2n) is 7.37. The Morgan fingerprint density at radius 2 is 1.86 bits per heavy atom. The van der Waals surface area contributed by atoms with E-state index in [1.807, 2.05) is 6.20 Å². The summed E-state index contributed by atoms with van der Waals surface area (Å²) in [5, 5.41) is 5.75. The summed E-state index contributed by atoms with van der Waals surface area (Å²) in [4.78, 5) is 7.00. The molecule has 1 aromatic heterocycles. The molecule has 0 spiro atoms. The number of benzene rings is 1. The summed E-state index contributed by atoms with van der Waals surface area (Å²) in [5.41, 5.74) is 4.54. The highest BCUT2D eigenvalue weighted by molar-refractivity contribution is 5.77. The normalized spacial score (nSPS) is 16.4. The molecule has 1 N–H and O–H groups in total. The van der Waals surface area contributed by atoms with Crippen LogP contribution >= 0.6 is 0 Å². The van der Waals surface area contributed by atoms with Crippen LogP contribution in [0.1, 0.15) is 45.6 Å². The minimum absolute atomic E-state index is 1.03. The van der Waals surface area contributed by atoms with Gasteiger partial charge in [0.2, 0.25) is 0 Å². The topological polar surface area (TPSA) is 28.2 Å². The number of piperidine rings is 1. The van der Waals surface area contributed by atoms with Gasteiger partial charge in [0.05, 0.1) is 0 Å². The number of anilines is 2. The maximum atomic E-state index is 4.61. The van der Waals surface area contributed by atoms with Gasteiger partial charge in [0, 0.05) is 36.2 Å². The third kappa shape index (κ3) is 4.92. The van der Waals surface area contributed by atoms with E-state index in [9.17, 15) is 0 Å². The summed E-state index contributed by atoms with van der Waals surface area (Å²) < 4.78 is 0. The molecule has 1 aromatic carbocycles. The third-order valence-electron chi connectivity index (χ3n) is 5.29. The molecule has 146 valence electrons. The Labute approximate surface area is 168 Å². The summed E-state index contributed by atoms with van der Waals surface area (Å²) in [6.45, 7) is 12.6. The molecule has 0 atom stereocenters. The highest BCUT2D eigenvalue weighted by Crippen LogP contribution is 2.23. The van der Waals surface area contributed by atoms with Gasteiger partial charge >= 0.3 is 0 Å². The first-order chi connectivity index (χ1) is 13.6. The van der Waals surface area contributed by atoms with Gasteiger partial charge < -0.3 is 10.2 Å². The largest absolute Gasteiger partial charge is 0.357 e. The predicted octanol–water partition coefficient (Wildman–Crippen LogP) is 4.70. The molecule has 0 aliphatic carbocycles. The van der Waals surface area contributed by atoms with E-state index in [0.717, 1.165) is 46.3 Å². The van der Waals surface area contributed by atoms with Crippen LogP contribution in [0.15, 0.2) is 54.3 Å². The van der Waals surface area contributed by atoms with Crippen LogP contribution in [-0.4, -0.2) is 18.1 Å². The van der Waals surface area contributed by atoms with Gasteiger partial charge in [-0.05, 0) is 74.7 Å². The van der Waals surface area contributed by atoms with E-state index in [4.69, 9.17) is 0 Å². The Morgan fingerprint density at radius 3 is 2.57 bits per heavy atom. The van der Waals surface area contributed by atoms with E-state index < -0.39 is 0 Å². The lowest BCUT2D eigenvalue weighted by Crippen LogP contribution is -2.30. The monoisotopic (exact) mass is 373 g/mol. The van der Waals surface area contributed by atoms with Gasteiger partial charge in [0.25, 0.3) is 0 Å². The van der Waals surface area contributed by atoms with Crippen molar-refractivity contribution >= 4 is 29.9 Å². The molecule has 2 aromatic rings. The van der Waals surface area contributed by atoms with Crippen LogP contribution in [0, 0.1) is 0 Å². The first kappa shape index (κ1) is 19.9. The van der Waals surface area contributed by atoms with E-state index >= 15 is 0 Å². The second kappa shape index (κ2) is 9.41. The molecule has 1 fully saturated rings.